The monoisotopic (exact) mass is 440 g/mol. The molecular formula is C26H24N4O3. The standard InChI is InChI=1S/C26H24N4O3/c1-33-20-13-11-19(12-14-20)24-15-22(18-7-3-2-4-8-18)28-30(24)26(32)16-29-23-10-6-5-9-21(23)27-25(29)17-31/h2-14,24,31H,15-17H2,1H3/t24-/m0/s1. The molecule has 7 heteroatoms. The molecule has 4 aromatic rings. The Bertz CT molecular complexity index is 1310. The lowest BCUT2D eigenvalue weighted by Gasteiger charge is -2.23. The van der Waals surface area contributed by atoms with E-state index in [1.54, 1.807) is 16.7 Å². The highest BCUT2D eigenvalue weighted by Crippen LogP contribution is 2.34. The number of carbonyl (C=O) groups is 1. The summed E-state index contributed by atoms with van der Waals surface area (Å²) in [6.45, 7) is -0.211. The first kappa shape index (κ1) is 20.9. The van der Waals surface area contributed by atoms with Gasteiger partial charge in [0.15, 0.2) is 0 Å². The Labute approximate surface area is 191 Å². The number of benzene rings is 3. The van der Waals surface area contributed by atoms with Gasteiger partial charge in [-0.05, 0) is 35.4 Å². The van der Waals surface area contributed by atoms with Crippen LogP contribution in [0.4, 0.5) is 0 Å². The van der Waals surface area contributed by atoms with Crippen molar-refractivity contribution in [2.24, 2.45) is 5.10 Å². The fourth-order valence-electron chi connectivity index (χ4n) is 4.26. The molecule has 33 heavy (non-hydrogen) atoms. The molecule has 1 aliphatic heterocycles. The van der Waals surface area contributed by atoms with Crippen molar-refractivity contribution in [2.45, 2.75) is 25.6 Å². The maximum atomic E-state index is 13.6. The molecule has 1 amide bonds. The van der Waals surface area contributed by atoms with Gasteiger partial charge in [-0.3, -0.25) is 4.79 Å². The van der Waals surface area contributed by atoms with Gasteiger partial charge in [0.25, 0.3) is 5.91 Å². The highest BCUT2D eigenvalue weighted by Gasteiger charge is 2.33. The van der Waals surface area contributed by atoms with Crippen molar-refractivity contribution in [3.05, 3.63) is 95.8 Å². The quantitative estimate of drug-likeness (QED) is 0.493. The Hall–Kier alpha value is -3.97. The Morgan fingerprint density at radius 2 is 1.76 bits per heavy atom. The summed E-state index contributed by atoms with van der Waals surface area (Å²) in [6.07, 6.45) is 0.611. The number of imidazole rings is 1. The Balaban J connectivity index is 1.50. The summed E-state index contributed by atoms with van der Waals surface area (Å²) < 4.78 is 7.05. The number of hydrazone groups is 1. The van der Waals surface area contributed by atoms with E-state index in [1.807, 2.05) is 78.9 Å². The average Bonchev–Trinajstić information content (AvgIpc) is 3.47. The summed E-state index contributed by atoms with van der Waals surface area (Å²) >= 11 is 0. The number of para-hydroxylation sites is 2. The number of carbonyl (C=O) groups excluding carboxylic acids is 1. The second kappa shape index (κ2) is 8.88. The van der Waals surface area contributed by atoms with E-state index in [4.69, 9.17) is 9.84 Å². The number of hydrogen-bond donors (Lipinski definition) is 1. The van der Waals surface area contributed by atoms with E-state index in [1.165, 1.54) is 0 Å². The summed E-state index contributed by atoms with van der Waals surface area (Å²) in [5.74, 6) is 1.05. The number of aliphatic hydroxyl groups excluding tert-OH is 1. The molecule has 0 bridgehead atoms. The van der Waals surface area contributed by atoms with Crippen molar-refractivity contribution < 1.29 is 14.6 Å². The Morgan fingerprint density at radius 3 is 2.48 bits per heavy atom. The van der Waals surface area contributed by atoms with Crippen molar-refractivity contribution in [1.29, 1.82) is 0 Å². The van der Waals surface area contributed by atoms with Crippen LogP contribution in [-0.4, -0.2) is 38.4 Å². The van der Waals surface area contributed by atoms with Crippen LogP contribution in [0.15, 0.2) is 84.0 Å². The number of methoxy groups -OCH3 is 1. The van der Waals surface area contributed by atoms with Gasteiger partial charge in [-0.2, -0.15) is 5.10 Å². The van der Waals surface area contributed by atoms with E-state index in [0.717, 1.165) is 33.6 Å². The highest BCUT2D eigenvalue weighted by atomic mass is 16.5. The fourth-order valence-corrected chi connectivity index (χ4v) is 4.26. The van der Waals surface area contributed by atoms with Crippen LogP contribution in [0.3, 0.4) is 0 Å². The maximum absolute atomic E-state index is 13.6. The van der Waals surface area contributed by atoms with Crippen molar-refractivity contribution in [3.8, 4) is 5.75 Å². The maximum Gasteiger partial charge on any atom is 0.263 e. The smallest absolute Gasteiger partial charge is 0.263 e. The highest BCUT2D eigenvalue weighted by molar-refractivity contribution is 6.03. The molecule has 0 saturated carbocycles. The molecule has 7 nitrogen and oxygen atoms in total. The number of amides is 1. The Morgan fingerprint density at radius 1 is 1.03 bits per heavy atom. The van der Waals surface area contributed by atoms with Gasteiger partial charge in [0, 0.05) is 6.42 Å². The molecule has 3 aromatic carbocycles. The number of fused-ring (bicyclic) bond motifs is 1. The molecule has 0 spiro atoms. The first-order valence-corrected chi connectivity index (χ1v) is 10.8. The number of ether oxygens (including phenoxy) is 1. The average molecular weight is 441 g/mol. The van der Waals surface area contributed by atoms with Crippen LogP contribution >= 0.6 is 0 Å². The zero-order chi connectivity index (χ0) is 22.8. The number of nitrogens with zero attached hydrogens (tertiary/aromatic N) is 4. The van der Waals surface area contributed by atoms with Gasteiger partial charge in [0.2, 0.25) is 0 Å². The molecule has 166 valence electrons. The molecular weight excluding hydrogens is 416 g/mol. The molecule has 1 N–H and O–H groups in total. The molecule has 0 unspecified atom stereocenters. The summed E-state index contributed by atoms with van der Waals surface area (Å²) in [5, 5.41) is 16.1. The topological polar surface area (TPSA) is 80.0 Å². The second-order valence-electron chi connectivity index (χ2n) is 7.91. The third-order valence-corrected chi connectivity index (χ3v) is 5.94. The summed E-state index contributed by atoms with van der Waals surface area (Å²) in [6, 6.07) is 25.0. The molecule has 1 atom stereocenters. The first-order valence-electron chi connectivity index (χ1n) is 10.8. The predicted octanol–water partition coefficient (Wildman–Crippen LogP) is 3.92. The lowest BCUT2D eigenvalue weighted by atomic mass is 9.98. The SMILES string of the molecule is COc1ccc([C@@H]2CC(c3ccccc3)=NN2C(=O)Cn2c(CO)nc3ccccc32)cc1. The molecule has 2 heterocycles. The third-order valence-electron chi connectivity index (χ3n) is 5.94. The van der Waals surface area contributed by atoms with Gasteiger partial charge >= 0.3 is 0 Å². The summed E-state index contributed by atoms with van der Waals surface area (Å²) in [5.41, 5.74) is 4.40. The van der Waals surface area contributed by atoms with Gasteiger partial charge in [0.05, 0.1) is 29.9 Å². The number of aliphatic hydroxyl groups is 1. The lowest BCUT2D eigenvalue weighted by Crippen LogP contribution is -2.30. The van der Waals surface area contributed by atoms with Crippen molar-refractivity contribution in [3.63, 3.8) is 0 Å². The van der Waals surface area contributed by atoms with Gasteiger partial charge in [-0.1, -0.05) is 54.6 Å². The summed E-state index contributed by atoms with van der Waals surface area (Å²) in [7, 11) is 1.63. The van der Waals surface area contributed by atoms with Gasteiger partial charge < -0.3 is 14.4 Å². The minimum atomic E-state index is -0.248. The van der Waals surface area contributed by atoms with Gasteiger partial charge in [0.1, 0.15) is 24.7 Å². The molecule has 1 aliphatic rings. The van der Waals surface area contributed by atoms with Crippen LogP contribution in [0.25, 0.3) is 11.0 Å². The van der Waals surface area contributed by atoms with Crippen molar-refractivity contribution in [1.82, 2.24) is 14.6 Å². The second-order valence-corrected chi connectivity index (χ2v) is 7.91. The normalized spacial score (nSPS) is 15.6. The van der Waals surface area contributed by atoms with E-state index in [2.05, 4.69) is 4.98 Å². The largest absolute Gasteiger partial charge is 0.497 e. The van der Waals surface area contributed by atoms with Gasteiger partial charge in [-0.15, -0.1) is 0 Å². The molecule has 5 rings (SSSR count). The van der Waals surface area contributed by atoms with Gasteiger partial charge in [-0.25, -0.2) is 9.99 Å². The molecule has 1 aromatic heterocycles. The molecule has 0 saturated heterocycles. The van der Waals surface area contributed by atoms with Crippen molar-refractivity contribution in [2.75, 3.05) is 7.11 Å². The van der Waals surface area contributed by atoms with E-state index in [9.17, 15) is 9.90 Å². The lowest BCUT2D eigenvalue weighted by molar-refractivity contribution is -0.133. The zero-order valence-electron chi connectivity index (χ0n) is 18.3. The first-order chi connectivity index (χ1) is 16.2. The molecule has 0 radical (unpaired) electrons. The van der Waals surface area contributed by atoms with Crippen LogP contribution in [0.5, 0.6) is 5.75 Å². The van der Waals surface area contributed by atoms with E-state index >= 15 is 0 Å². The number of rotatable bonds is 6. The Kier molecular flexibility index (Phi) is 5.62. The minimum Gasteiger partial charge on any atom is -0.497 e. The van der Waals surface area contributed by atoms with E-state index in [0.29, 0.717) is 12.2 Å². The van der Waals surface area contributed by atoms with Crippen LogP contribution in [-0.2, 0) is 17.9 Å². The predicted molar refractivity (Wildman–Crippen MR) is 126 cm³/mol. The summed E-state index contributed by atoms with van der Waals surface area (Å²) in [4.78, 5) is 18.0. The zero-order valence-corrected chi connectivity index (χ0v) is 18.3. The van der Waals surface area contributed by atoms with Crippen LogP contribution in [0.1, 0.15) is 29.4 Å². The third kappa shape index (κ3) is 3.99. The van der Waals surface area contributed by atoms with Crippen LogP contribution < -0.4 is 4.74 Å². The van der Waals surface area contributed by atoms with Crippen molar-refractivity contribution >= 4 is 22.7 Å². The number of aromatic nitrogens is 2. The van der Waals surface area contributed by atoms with Crippen LogP contribution in [0.2, 0.25) is 0 Å². The minimum absolute atomic E-state index is 0.0363. The van der Waals surface area contributed by atoms with E-state index < -0.39 is 0 Å². The molecule has 0 aliphatic carbocycles. The number of hydrogen-bond acceptors (Lipinski definition) is 5. The molecule has 0 fully saturated rings. The van der Waals surface area contributed by atoms with Crippen LogP contribution in [0, 0.1) is 0 Å². The van der Waals surface area contributed by atoms with E-state index in [-0.39, 0.29) is 25.1 Å². The fraction of sp³-hybridized carbons (Fsp3) is 0.192.